The van der Waals surface area contributed by atoms with E-state index in [0.717, 1.165) is 18.0 Å². The van der Waals surface area contributed by atoms with E-state index in [1.807, 2.05) is 18.3 Å². The number of rotatable bonds is 4. The van der Waals surface area contributed by atoms with Gasteiger partial charge in [0, 0.05) is 17.9 Å². The summed E-state index contributed by atoms with van der Waals surface area (Å²) in [5.41, 5.74) is 7.11. The molecule has 1 heterocycles. The van der Waals surface area contributed by atoms with Crippen molar-refractivity contribution >= 4 is 12.4 Å². The highest BCUT2D eigenvalue weighted by atomic mass is 35.5. The Labute approximate surface area is 86.3 Å². The second-order valence-corrected chi connectivity index (χ2v) is 3.70. The van der Waals surface area contributed by atoms with E-state index in [4.69, 9.17) is 5.73 Å². The zero-order valence-electron chi connectivity index (χ0n) is 8.29. The predicted octanol–water partition coefficient (Wildman–Crippen LogP) is 2.87. The smallest absolute Gasteiger partial charge is 0.0447 e. The van der Waals surface area contributed by atoms with Crippen LogP contribution in [0.15, 0.2) is 18.3 Å². The Morgan fingerprint density at radius 3 is 2.54 bits per heavy atom. The monoisotopic (exact) mass is 202 g/mol. The third kappa shape index (κ3) is 4.34. The first kappa shape index (κ1) is 12.5. The first-order valence-electron chi connectivity index (χ1n) is 4.59. The second kappa shape index (κ2) is 6.06. The molecule has 0 aromatic carbocycles. The van der Waals surface area contributed by atoms with E-state index in [1.165, 1.54) is 6.42 Å². The SMILES string of the molecule is CC(C)CC[C@H](N)c1ccc[nH]1.Cl. The number of aromatic amines is 1. The number of nitrogens with one attached hydrogen (secondary N) is 1. The van der Waals surface area contributed by atoms with Gasteiger partial charge in [-0.05, 0) is 30.9 Å². The maximum Gasteiger partial charge on any atom is 0.0447 e. The van der Waals surface area contributed by atoms with Crippen LogP contribution in [-0.4, -0.2) is 4.98 Å². The third-order valence-electron chi connectivity index (χ3n) is 2.08. The normalized spacial score (nSPS) is 12.6. The minimum absolute atomic E-state index is 0. The van der Waals surface area contributed by atoms with Crippen LogP contribution in [0.2, 0.25) is 0 Å². The molecule has 76 valence electrons. The van der Waals surface area contributed by atoms with Gasteiger partial charge in [0.15, 0.2) is 0 Å². The van der Waals surface area contributed by atoms with Gasteiger partial charge < -0.3 is 10.7 Å². The molecule has 1 rings (SSSR count). The Morgan fingerprint density at radius 2 is 2.08 bits per heavy atom. The standard InChI is InChI=1S/C10H18N2.ClH/c1-8(2)5-6-9(11)10-4-3-7-12-10;/h3-4,7-9,12H,5-6,11H2,1-2H3;1H/t9-;/m0./s1. The van der Waals surface area contributed by atoms with Gasteiger partial charge in [0.1, 0.15) is 0 Å². The maximum absolute atomic E-state index is 5.96. The molecule has 1 aromatic rings. The topological polar surface area (TPSA) is 41.8 Å². The van der Waals surface area contributed by atoms with Gasteiger partial charge in [0.2, 0.25) is 0 Å². The second-order valence-electron chi connectivity index (χ2n) is 3.70. The maximum atomic E-state index is 5.96. The minimum Gasteiger partial charge on any atom is -0.364 e. The van der Waals surface area contributed by atoms with Crippen molar-refractivity contribution in [1.29, 1.82) is 0 Å². The number of nitrogens with two attached hydrogens (primary N) is 1. The number of aromatic nitrogens is 1. The van der Waals surface area contributed by atoms with Crippen LogP contribution in [0.5, 0.6) is 0 Å². The molecule has 3 heteroatoms. The Hall–Kier alpha value is -0.470. The van der Waals surface area contributed by atoms with E-state index < -0.39 is 0 Å². The summed E-state index contributed by atoms with van der Waals surface area (Å²) in [6, 6.07) is 4.22. The third-order valence-corrected chi connectivity index (χ3v) is 2.08. The van der Waals surface area contributed by atoms with Crippen LogP contribution in [-0.2, 0) is 0 Å². The highest BCUT2D eigenvalue weighted by molar-refractivity contribution is 5.85. The largest absolute Gasteiger partial charge is 0.364 e. The molecule has 0 radical (unpaired) electrons. The molecule has 0 spiro atoms. The molecule has 0 bridgehead atoms. The summed E-state index contributed by atoms with van der Waals surface area (Å²) in [5.74, 6) is 0.742. The average Bonchev–Trinajstić information content (AvgIpc) is 2.51. The van der Waals surface area contributed by atoms with Crippen molar-refractivity contribution in [2.45, 2.75) is 32.7 Å². The molecule has 0 aliphatic carbocycles. The van der Waals surface area contributed by atoms with Crippen molar-refractivity contribution in [3.63, 3.8) is 0 Å². The Balaban J connectivity index is 0.00000144. The van der Waals surface area contributed by atoms with Crippen LogP contribution in [0.25, 0.3) is 0 Å². The fourth-order valence-corrected chi connectivity index (χ4v) is 1.24. The van der Waals surface area contributed by atoms with Crippen molar-refractivity contribution in [2.24, 2.45) is 11.7 Å². The van der Waals surface area contributed by atoms with E-state index in [-0.39, 0.29) is 18.4 Å². The highest BCUT2D eigenvalue weighted by Gasteiger charge is 2.06. The molecule has 2 nitrogen and oxygen atoms in total. The van der Waals surface area contributed by atoms with E-state index in [2.05, 4.69) is 18.8 Å². The van der Waals surface area contributed by atoms with Crippen molar-refractivity contribution in [3.05, 3.63) is 24.0 Å². The summed E-state index contributed by atoms with van der Waals surface area (Å²) < 4.78 is 0. The molecule has 13 heavy (non-hydrogen) atoms. The molecular weight excluding hydrogens is 184 g/mol. The lowest BCUT2D eigenvalue weighted by Crippen LogP contribution is -2.11. The van der Waals surface area contributed by atoms with E-state index in [1.54, 1.807) is 0 Å². The number of H-pyrrole nitrogens is 1. The first-order chi connectivity index (χ1) is 5.70. The van der Waals surface area contributed by atoms with Gasteiger partial charge in [-0.3, -0.25) is 0 Å². The summed E-state index contributed by atoms with van der Waals surface area (Å²) in [7, 11) is 0. The Bertz CT molecular complexity index is 207. The zero-order valence-corrected chi connectivity index (χ0v) is 9.10. The molecule has 0 saturated carbocycles. The van der Waals surface area contributed by atoms with E-state index >= 15 is 0 Å². The molecule has 1 aromatic heterocycles. The van der Waals surface area contributed by atoms with Crippen molar-refractivity contribution in [1.82, 2.24) is 4.98 Å². The van der Waals surface area contributed by atoms with Crippen LogP contribution in [0.1, 0.15) is 38.4 Å². The Morgan fingerprint density at radius 1 is 1.38 bits per heavy atom. The minimum atomic E-state index is 0. The van der Waals surface area contributed by atoms with Gasteiger partial charge >= 0.3 is 0 Å². The summed E-state index contributed by atoms with van der Waals surface area (Å²) in [4.78, 5) is 3.14. The van der Waals surface area contributed by atoms with Gasteiger partial charge in [0.25, 0.3) is 0 Å². The predicted molar refractivity (Wildman–Crippen MR) is 59.0 cm³/mol. The van der Waals surface area contributed by atoms with Crippen molar-refractivity contribution in [3.8, 4) is 0 Å². The number of hydrogen-bond donors (Lipinski definition) is 2. The van der Waals surface area contributed by atoms with Crippen LogP contribution < -0.4 is 5.73 Å². The lowest BCUT2D eigenvalue weighted by Gasteiger charge is -2.11. The summed E-state index contributed by atoms with van der Waals surface area (Å²) >= 11 is 0. The van der Waals surface area contributed by atoms with E-state index in [9.17, 15) is 0 Å². The van der Waals surface area contributed by atoms with Crippen LogP contribution in [0.3, 0.4) is 0 Å². The molecule has 0 amide bonds. The average molecular weight is 203 g/mol. The quantitative estimate of drug-likeness (QED) is 0.775. The molecule has 3 N–H and O–H groups in total. The van der Waals surface area contributed by atoms with Crippen LogP contribution in [0.4, 0.5) is 0 Å². The molecule has 1 atom stereocenters. The molecule has 0 aliphatic heterocycles. The molecule has 0 aliphatic rings. The van der Waals surface area contributed by atoms with Crippen molar-refractivity contribution < 1.29 is 0 Å². The molecule has 0 unspecified atom stereocenters. The van der Waals surface area contributed by atoms with Gasteiger partial charge in [-0.15, -0.1) is 12.4 Å². The summed E-state index contributed by atoms with van der Waals surface area (Å²) in [5, 5.41) is 0. The van der Waals surface area contributed by atoms with E-state index in [0.29, 0.717) is 0 Å². The van der Waals surface area contributed by atoms with Gasteiger partial charge in [-0.1, -0.05) is 13.8 Å². The molecule has 0 fully saturated rings. The highest BCUT2D eigenvalue weighted by Crippen LogP contribution is 2.16. The molecular formula is C10H19ClN2. The van der Waals surface area contributed by atoms with Gasteiger partial charge in [0.05, 0.1) is 0 Å². The summed E-state index contributed by atoms with van der Waals surface area (Å²) in [6.45, 7) is 4.45. The lowest BCUT2D eigenvalue weighted by molar-refractivity contribution is 0.502. The Kier molecular flexibility index (Phi) is 5.84. The lowest BCUT2D eigenvalue weighted by atomic mass is 10.0. The fraction of sp³-hybridized carbons (Fsp3) is 0.600. The van der Waals surface area contributed by atoms with Gasteiger partial charge in [-0.2, -0.15) is 0 Å². The number of halogens is 1. The zero-order chi connectivity index (χ0) is 8.97. The fourth-order valence-electron chi connectivity index (χ4n) is 1.24. The number of hydrogen-bond acceptors (Lipinski definition) is 1. The van der Waals surface area contributed by atoms with Crippen LogP contribution in [0, 0.1) is 5.92 Å². The van der Waals surface area contributed by atoms with Crippen molar-refractivity contribution in [2.75, 3.05) is 0 Å². The van der Waals surface area contributed by atoms with Gasteiger partial charge in [-0.25, -0.2) is 0 Å². The first-order valence-corrected chi connectivity index (χ1v) is 4.59. The van der Waals surface area contributed by atoms with Crippen LogP contribution >= 0.6 is 12.4 Å². The summed E-state index contributed by atoms with van der Waals surface area (Å²) in [6.07, 6.45) is 4.18. The molecule has 0 saturated heterocycles.